The summed E-state index contributed by atoms with van der Waals surface area (Å²) >= 11 is 4.59. The van der Waals surface area contributed by atoms with Gasteiger partial charge in [-0.3, -0.25) is 14.5 Å². The fourth-order valence-electron chi connectivity index (χ4n) is 2.44. The maximum atomic E-state index is 12.5. The van der Waals surface area contributed by atoms with Crippen molar-refractivity contribution < 1.29 is 19.1 Å². The lowest BCUT2D eigenvalue weighted by Crippen LogP contribution is -2.41. The SMILES string of the molecule is CC(NC(=O)c1ccc(Br)s1)C(=O)Nc1ccccc1N1CCOC1=O. The molecule has 26 heavy (non-hydrogen) atoms. The van der Waals surface area contributed by atoms with Crippen molar-refractivity contribution in [2.75, 3.05) is 23.4 Å². The van der Waals surface area contributed by atoms with Crippen molar-refractivity contribution in [1.82, 2.24) is 5.32 Å². The Morgan fingerprint density at radius 3 is 2.69 bits per heavy atom. The van der Waals surface area contributed by atoms with Crippen molar-refractivity contribution in [2.45, 2.75) is 13.0 Å². The molecule has 2 aromatic rings. The lowest BCUT2D eigenvalue weighted by Gasteiger charge is -2.19. The quantitative estimate of drug-likeness (QED) is 0.751. The van der Waals surface area contributed by atoms with Crippen LogP contribution in [0.2, 0.25) is 0 Å². The van der Waals surface area contributed by atoms with Gasteiger partial charge in [0.1, 0.15) is 12.6 Å². The fourth-order valence-corrected chi connectivity index (χ4v) is 3.73. The van der Waals surface area contributed by atoms with Crippen LogP contribution in [0.3, 0.4) is 0 Å². The van der Waals surface area contributed by atoms with Crippen molar-refractivity contribution >= 4 is 56.5 Å². The zero-order valence-electron chi connectivity index (χ0n) is 13.8. The number of hydrogen-bond acceptors (Lipinski definition) is 5. The van der Waals surface area contributed by atoms with E-state index in [-0.39, 0.29) is 11.8 Å². The summed E-state index contributed by atoms with van der Waals surface area (Å²) in [5.74, 6) is -0.700. The van der Waals surface area contributed by atoms with E-state index in [0.29, 0.717) is 29.4 Å². The third-order valence-electron chi connectivity index (χ3n) is 3.75. The molecule has 1 unspecified atom stereocenters. The molecule has 7 nitrogen and oxygen atoms in total. The molecular formula is C17H16BrN3O4S. The van der Waals surface area contributed by atoms with Crippen LogP contribution in [-0.4, -0.2) is 37.1 Å². The van der Waals surface area contributed by atoms with E-state index in [0.717, 1.165) is 3.79 Å². The number of anilines is 2. The number of nitrogens with one attached hydrogen (secondary N) is 2. The van der Waals surface area contributed by atoms with Gasteiger partial charge in [0.15, 0.2) is 0 Å². The molecule has 1 atom stereocenters. The van der Waals surface area contributed by atoms with Crippen LogP contribution in [0.25, 0.3) is 0 Å². The molecule has 1 aliphatic heterocycles. The predicted molar refractivity (Wildman–Crippen MR) is 103 cm³/mol. The van der Waals surface area contributed by atoms with Gasteiger partial charge in [0.2, 0.25) is 5.91 Å². The summed E-state index contributed by atoms with van der Waals surface area (Å²) in [6.07, 6.45) is -0.448. The van der Waals surface area contributed by atoms with Crippen LogP contribution in [0.5, 0.6) is 0 Å². The van der Waals surface area contributed by atoms with Gasteiger partial charge >= 0.3 is 6.09 Å². The van der Waals surface area contributed by atoms with E-state index < -0.39 is 12.1 Å². The number of amides is 3. The number of halogens is 1. The van der Waals surface area contributed by atoms with E-state index in [1.165, 1.54) is 16.2 Å². The molecule has 1 fully saturated rings. The molecule has 1 aromatic heterocycles. The molecule has 9 heteroatoms. The lowest BCUT2D eigenvalue weighted by molar-refractivity contribution is -0.117. The third-order valence-corrected chi connectivity index (χ3v) is 5.37. The highest BCUT2D eigenvalue weighted by atomic mass is 79.9. The Bertz CT molecular complexity index is 854. The molecule has 136 valence electrons. The van der Waals surface area contributed by atoms with E-state index in [1.807, 2.05) is 0 Å². The summed E-state index contributed by atoms with van der Waals surface area (Å²) in [6, 6.07) is 9.67. The van der Waals surface area contributed by atoms with Crippen LogP contribution < -0.4 is 15.5 Å². The van der Waals surface area contributed by atoms with Crippen LogP contribution in [-0.2, 0) is 9.53 Å². The maximum Gasteiger partial charge on any atom is 0.414 e. The van der Waals surface area contributed by atoms with Crippen molar-refractivity contribution in [3.05, 3.63) is 45.1 Å². The van der Waals surface area contributed by atoms with Crippen LogP contribution in [0.4, 0.5) is 16.2 Å². The van der Waals surface area contributed by atoms with E-state index in [4.69, 9.17) is 4.74 Å². The highest BCUT2D eigenvalue weighted by Crippen LogP contribution is 2.28. The van der Waals surface area contributed by atoms with Gasteiger partial charge in [0.05, 0.1) is 26.6 Å². The van der Waals surface area contributed by atoms with Crippen molar-refractivity contribution in [3.8, 4) is 0 Å². The molecule has 2 heterocycles. The Labute approximate surface area is 162 Å². The molecule has 0 bridgehead atoms. The zero-order chi connectivity index (χ0) is 18.7. The monoisotopic (exact) mass is 437 g/mol. The lowest BCUT2D eigenvalue weighted by atomic mass is 10.2. The van der Waals surface area contributed by atoms with Gasteiger partial charge in [-0.25, -0.2) is 4.79 Å². The second kappa shape index (κ2) is 7.88. The summed E-state index contributed by atoms with van der Waals surface area (Å²) in [5.41, 5.74) is 1.04. The number of benzene rings is 1. The van der Waals surface area contributed by atoms with Crippen molar-refractivity contribution in [2.24, 2.45) is 0 Å². The minimum atomic E-state index is -0.748. The van der Waals surface area contributed by atoms with Gasteiger partial charge in [-0.1, -0.05) is 12.1 Å². The highest BCUT2D eigenvalue weighted by Gasteiger charge is 2.26. The molecule has 3 rings (SSSR count). The topological polar surface area (TPSA) is 87.7 Å². The summed E-state index contributed by atoms with van der Waals surface area (Å²) < 4.78 is 5.78. The van der Waals surface area contributed by atoms with Crippen LogP contribution in [0.1, 0.15) is 16.6 Å². The number of rotatable bonds is 5. The molecule has 1 aromatic carbocycles. The van der Waals surface area contributed by atoms with Crippen LogP contribution >= 0.6 is 27.3 Å². The van der Waals surface area contributed by atoms with E-state index >= 15 is 0 Å². The molecule has 1 saturated heterocycles. The molecule has 2 N–H and O–H groups in total. The molecule has 0 aliphatic carbocycles. The second-order valence-corrected chi connectivity index (χ2v) is 8.03. The Kier molecular flexibility index (Phi) is 5.58. The number of hydrogen-bond donors (Lipinski definition) is 2. The molecule has 0 spiro atoms. The summed E-state index contributed by atoms with van der Waals surface area (Å²) in [6.45, 7) is 2.33. The van der Waals surface area contributed by atoms with Gasteiger partial charge in [-0.2, -0.15) is 0 Å². The number of cyclic esters (lactones) is 1. The summed E-state index contributed by atoms with van der Waals surface area (Å²) in [4.78, 5) is 38.4. The van der Waals surface area contributed by atoms with Crippen molar-refractivity contribution in [3.63, 3.8) is 0 Å². The standard InChI is InChI=1S/C17H16BrN3O4S/c1-10(19-16(23)13-6-7-14(18)26-13)15(22)20-11-4-2-3-5-12(11)21-8-9-25-17(21)24/h2-7,10H,8-9H2,1H3,(H,19,23)(H,20,22). The summed E-state index contributed by atoms with van der Waals surface area (Å²) in [7, 11) is 0. The average Bonchev–Trinajstić information content (AvgIpc) is 3.23. The number of ether oxygens (including phenoxy) is 1. The normalized spacial score (nSPS) is 14.7. The Hall–Kier alpha value is -2.39. The van der Waals surface area contributed by atoms with Gasteiger partial charge in [0.25, 0.3) is 5.91 Å². The second-order valence-electron chi connectivity index (χ2n) is 5.57. The average molecular weight is 438 g/mol. The van der Waals surface area contributed by atoms with E-state index in [9.17, 15) is 14.4 Å². The number of carbonyl (C=O) groups is 3. The molecular weight excluding hydrogens is 422 g/mol. The first-order valence-corrected chi connectivity index (χ1v) is 9.47. The first-order chi connectivity index (χ1) is 12.5. The Morgan fingerprint density at radius 2 is 2.04 bits per heavy atom. The van der Waals surface area contributed by atoms with Gasteiger partial charge in [-0.15, -0.1) is 11.3 Å². The number of para-hydroxylation sites is 2. The Balaban J connectivity index is 1.68. The number of thiophene rings is 1. The van der Waals surface area contributed by atoms with Gasteiger partial charge < -0.3 is 15.4 Å². The zero-order valence-corrected chi connectivity index (χ0v) is 16.2. The molecule has 3 amide bonds. The van der Waals surface area contributed by atoms with Crippen LogP contribution in [0.15, 0.2) is 40.2 Å². The van der Waals surface area contributed by atoms with Gasteiger partial charge in [0, 0.05) is 0 Å². The summed E-state index contributed by atoms with van der Waals surface area (Å²) in [5, 5.41) is 5.42. The first-order valence-electron chi connectivity index (χ1n) is 7.86. The van der Waals surface area contributed by atoms with Crippen LogP contribution in [0, 0.1) is 0 Å². The third kappa shape index (κ3) is 4.05. The minimum absolute atomic E-state index is 0.309. The highest BCUT2D eigenvalue weighted by molar-refractivity contribution is 9.11. The van der Waals surface area contributed by atoms with Gasteiger partial charge in [-0.05, 0) is 47.1 Å². The molecule has 0 saturated carbocycles. The minimum Gasteiger partial charge on any atom is -0.447 e. The fraction of sp³-hybridized carbons (Fsp3) is 0.235. The Morgan fingerprint density at radius 1 is 1.27 bits per heavy atom. The smallest absolute Gasteiger partial charge is 0.414 e. The number of nitrogens with zero attached hydrogens (tertiary/aromatic N) is 1. The molecule has 0 radical (unpaired) electrons. The first kappa shape index (κ1) is 18.4. The maximum absolute atomic E-state index is 12.5. The van der Waals surface area contributed by atoms with E-state index in [1.54, 1.807) is 43.3 Å². The van der Waals surface area contributed by atoms with Crippen molar-refractivity contribution in [1.29, 1.82) is 0 Å². The predicted octanol–water partition coefficient (Wildman–Crippen LogP) is 3.22. The molecule has 1 aliphatic rings. The largest absolute Gasteiger partial charge is 0.447 e. The number of carbonyl (C=O) groups excluding carboxylic acids is 3. The van der Waals surface area contributed by atoms with E-state index in [2.05, 4.69) is 26.6 Å².